The largest absolute Gasteiger partial charge is 0.454 e. The number of hydrazine groups is 1. The van der Waals surface area contributed by atoms with Gasteiger partial charge in [-0.05, 0) is 30.2 Å². The summed E-state index contributed by atoms with van der Waals surface area (Å²) >= 11 is 0. The maximum absolute atomic E-state index is 12.9. The quantitative estimate of drug-likeness (QED) is 0.615. The van der Waals surface area contributed by atoms with Crippen LogP contribution in [0.1, 0.15) is 18.1 Å². The van der Waals surface area contributed by atoms with Gasteiger partial charge in [0.25, 0.3) is 11.8 Å². The van der Waals surface area contributed by atoms with Crippen molar-refractivity contribution in [2.24, 2.45) is 0 Å². The Labute approximate surface area is 197 Å². The van der Waals surface area contributed by atoms with Crippen LogP contribution in [0.25, 0.3) is 0 Å². The number of carbonyl (C=O) groups excluding carboxylic acids is 3. The van der Waals surface area contributed by atoms with Gasteiger partial charge < -0.3 is 14.8 Å². The predicted molar refractivity (Wildman–Crippen MR) is 122 cm³/mol. The van der Waals surface area contributed by atoms with Crippen molar-refractivity contribution >= 4 is 17.8 Å². The van der Waals surface area contributed by atoms with E-state index < -0.39 is 23.4 Å². The lowest BCUT2D eigenvalue weighted by molar-refractivity contribution is -0.139. The summed E-state index contributed by atoms with van der Waals surface area (Å²) in [6, 6.07) is 14.3. The second-order valence-electron chi connectivity index (χ2n) is 8.84. The molecule has 178 valence electrons. The Morgan fingerprint density at radius 2 is 1.71 bits per heavy atom. The van der Waals surface area contributed by atoms with E-state index in [1.54, 1.807) is 31.2 Å². The molecule has 1 atom stereocenters. The average molecular weight is 466 g/mol. The summed E-state index contributed by atoms with van der Waals surface area (Å²) in [5, 5.41) is 3.47. The standard InChI is InChI=1S/C24H27N5O5/c1-24(18-5-3-2-4-6-18)22(31)29(23(32)25-24)26-21(30)15-28-11-9-27(10-12-28)14-17-7-8-19-20(13-17)34-16-33-19/h2-8,13H,9-12,14-16H2,1H3,(H,25,32)(H,26,30). The van der Waals surface area contributed by atoms with Crippen molar-refractivity contribution < 1.29 is 23.9 Å². The molecule has 5 rings (SSSR count). The summed E-state index contributed by atoms with van der Waals surface area (Å²) in [7, 11) is 0. The number of imide groups is 1. The first-order chi connectivity index (χ1) is 16.4. The van der Waals surface area contributed by atoms with Crippen LogP contribution in [0.2, 0.25) is 0 Å². The number of benzene rings is 2. The van der Waals surface area contributed by atoms with Gasteiger partial charge in [0.1, 0.15) is 5.54 Å². The highest BCUT2D eigenvalue weighted by Gasteiger charge is 2.50. The maximum atomic E-state index is 12.9. The zero-order chi connectivity index (χ0) is 23.7. The molecule has 0 bridgehead atoms. The third kappa shape index (κ3) is 4.29. The molecule has 0 spiro atoms. The molecule has 3 aliphatic rings. The molecule has 3 heterocycles. The lowest BCUT2D eigenvalue weighted by atomic mass is 9.92. The van der Waals surface area contributed by atoms with Crippen molar-refractivity contribution in [2.45, 2.75) is 19.0 Å². The number of fused-ring (bicyclic) bond motifs is 1. The van der Waals surface area contributed by atoms with Gasteiger partial charge in [-0.1, -0.05) is 36.4 Å². The van der Waals surface area contributed by atoms with Gasteiger partial charge in [0.15, 0.2) is 11.5 Å². The second-order valence-corrected chi connectivity index (χ2v) is 8.84. The number of hydrogen-bond acceptors (Lipinski definition) is 7. The van der Waals surface area contributed by atoms with E-state index in [2.05, 4.69) is 15.6 Å². The minimum atomic E-state index is -1.22. The number of nitrogens with zero attached hydrogens (tertiary/aromatic N) is 3. The molecule has 3 aliphatic heterocycles. The summed E-state index contributed by atoms with van der Waals surface area (Å²) in [4.78, 5) is 42.3. The Kier molecular flexibility index (Phi) is 5.84. The molecule has 2 aromatic rings. The van der Waals surface area contributed by atoms with Crippen LogP contribution in [0.15, 0.2) is 48.5 Å². The summed E-state index contributed by atoms with van der Waals surface area (Å²) in [5.41, 5.74) is 3.07. The third-order valence-electron chi connectivity index (χ3n) is 6.45. The molecule has 2 saturated heterocycles. The van der Waals surface area contributed by atoms with Crippen LogP contribution in [0.3, 0.4) is 0 Å². The van der Waals surface area contributed by atoms with Crippen molar-refractivity contribution in [3.8, 4) is 11.5 Å². The highest BCUT2D eigenvalue weighted by atomic mass is 16.7. The molecule has 0 aliphatic carbocycles. The van der Waals surface area contributed by atoms with E-state index >= 15 is 0 Å². The first kappa shape index (κ1) is 22.2. The van der Waals surface area contributed by atoms with Gasteiger partial charge >= 0.3 is 6.03 Å². The Morgan fingerprint density at radius 3 is 2.47 bits per heavy atom. The highest BCUT2D eigenvalue weighted by molar-refractivity contribution is 6.08. The number of urea groups is 1. The predicted octanol–water partition coefficient (Wildman–Crippen LogP) is 1.03. The van der Waals surface area contributed by atoms with E-state index in [0.717, 1.165) is 41.7 Å². The van der Waals surface area contributed by atoms with Crippen LogP contribution in [-0.2, 0) is 21.7 Å². The number of rotatable bonds is 6. The third-order valence-corrected chi connectivity index (χ3v) is 6.45. The molecule has 4 amide bonds. The van der Waals surface area contributed by atoms with Crippen molar-refractivity contribution in [3.05, 3.63) is 59.7 Å². The van der Waals surface area contributed by atoms with E-state index in [-0.39, 0.29) is 13.3 Å². The van der Waals surface area contributed by atoms with Gasteiger partial charge in [-0.15, -0.1) is 0 Å². The van der Waals surface area contributed by atoms with Crippen molar-refractivity contribution in [2.75, 3.05) is 39.5 Å². The Hall–Kier alpha value is -3.63. The van der Waals surface area contributed by atoms with Gasteiger partial charge in [-0.2, -0.15) is 5.01 Å². The van der Waals surface area contributed by atoms with Crippen molar-refractivity contribution in [3.63, 3.8) is 0 Å². The molecule has 10 heteroatoms. The molecule has 0 aromatic heterocycles. The molecule has 2 N–H and O–H groups in total. The fourth-order valence-corrected chi connectivity index (χ4v) is 4.47. The number of amides is 4. The molecule has 34 heavy (non-hydrogen) atoms. The molecule has 2 aromatic carbocycles. The Morgan fingerprint density at radius 1 is 1.00 bits per heavy atom. The zero-order valence-corrected chi connectivity index (χ0v) is 19.0. The van der Waals surface area contributed by atoms with Crippen LogP contribution in [-0.4, -0.2) is 72.2 Å². The number of ether oxygens (including phenoxy) is 2. The Bertz CT molecular complexity index is 1100. The molecular formula is C24H27N5O5. The van der Waals surface area contributed by atoms with E-state index in [9.17, 15) is 14.4 Å². The molecule has 10 nitrogen and oxygen atoms in total. The molecule has 0 saturated carbocycles. The topological polar surface area (TPSA) is 103 Å². The smallest absolute Gasteiger partial charge is 0.344 e. The van der Waals surface area contributed by atoms with E-state index in [1.165, 1.54) is 0 Å². The highest BCUT2D eigenvalue weighted by Crippen LogP contribution is 2.33. The normalized spacial score (nSPS) is 22.7. The van der Waals surface area contributed by atoms with Crippen molar-refractivity contribution in [1.29, 1.82) is 0 Å². The average Bonchev–Trinajstić information content (AvgIpc) is 3.39. The zero-order valence-electron chi connectivity index (χ0n) is 19.0. The summed E-state index contributed by atoms with van der Waals surface area (Å²) in [6.45, 7) is 5.81. The van der Waals surface area contributed by atoms with Gasteiger partial charge in [-0.3, -0.25) is 24.8 Å². The molecular weight excluding hydrogens is 438 g/mol. The second kappa shape index (κ2) is 8.96. The molecule has 0 radical (unpaired) electrons. The van der Waals surface area contributed by atoms with E-state index in [4.69, 9.17) is 9.47 Å². The molecule has 2 fully saturated rings. The summed E-state index contributed by atoms with van der Waals surface area (Å²) < 4.78 is 10.8. The minimum Gasteiger partial charge on any atom is -0.454 e. The number of hydrogen-bond donors (Lipinski definition) is 2. The number of piperazine rings is 1. The van der Waals surface area contributed by atoms with Crippen LogP contribution in [0, 0.1) is 0 Å². The first-order valence-corrected chi connectivity index (χ1v) is 11.3. The van der Waals surface area contributed by atoms with Gasteiger partial charge in [-0.25, -0.2) is 4.79 Å². The molecule has 1 unspecified atom stereocenters. The van der Waals surface area contributed by atoms with Crippen LogP contribution < -0.4 is 20.2 Å². The minimum absolute atomic E-state index is 0.108. The first-order valence-electron chi connectivity index (χ1n) is 11.3. The SMILES string of the molecule is CC1(c2ccccc2)NC(=O)N(NC(=O)CN2CCN(Cc3ccc4c(c3)OCO4)CC2)C1=O. The summed E-state index contributed by atoms with van der Waals surface area (Å²) in [6.07, 6.45) is 0. The maximum Gasteiger partial charge on any atom is 0.344 e. The van der Waals surface area contributed by atoms with E-state index in [0.29, 0.717) is 18.7 Å². The monoisotopic (exact) mass is 465 g/mol. The summed E-state index contributed by atoms with van der Waals surface area (Å²) in [5.74, 6) is 0.640. The van der Waals surface area contributed by atoms with Gasteiger partial charge in [0.05, 0.1) is 6.54 Å². The lowest BCUT2D eigenvalue weighted by Gasteiger charge is -2.34. The fourth-order valence-electron chi connectivity index (χ4n) is 4.47. The van der Waals surface area contributed by atoms with Crippen LogP contribution in [0.4, 0.5) is 4.79 Å². The van der Waals surface area contributed by atoms with Crippen LogP contribution in [0.5, 0.6) is 11.5 Å². The fraction of sp³-hybridized carbons (Fsp3) is 0.375. The van der Waals surface area contributed by atoms with Gasteiger partial charge in [0.2, 0.25) is 6.79 Å². The van der Waals surface area contributed by atoms with Gasteiger partial charge in [0, 0.05) is 32.7 Å². The van der Waals surface area contributed by atoms with Crippen molar-refractivity contribution in [1.82, 2.24) is 25.6 Å². The number of carbonyl (C=O) groups is 3. The lowest BCUT2D eigenvalue weighted by Crippen LogP contribution is -2.53. The Balaban J connectivity index is 1.11. The van der Waals surface area contributed by atoms with E-state index in [1.807, 2.05) is 29.2 Å². The van der Waals surface area contributed by atoms with Crippen LogP contribution >= 0.6 is 0 Å². The number of nitrogens with one attached hydrogen (secondary N) is 2.